The Hall–Kier alpha value is -2.81. The summed E-state index contributed by atoms with van der Waals surface area (Å²) in [6, 6.07) is 11.7. The lowest BCUT2D eigenvalue weighted by molar-refractivity contribution is 0.106. The van der Waals surface area contributed by atoms with Crippen molar-refractivity contribution in [3.05, 3.63) is 36.0 Å². The Labute approximate surface area is 153 Å². The van der Waals surface area contributed by atoms with Gasteiger partial charge in [-0.25, -0.2) is 9.78 Å². The molecular weight excluding hydrogens is 328 g/mol. The molecule has 0 radical (unpaired) electrons. The minimum atomic E-state index is -0.885. The van der Waals surface area contributed by atoms with Gasteiger partial charge in [0.05, 0.1) is 0 Å². The fourth-order valence-electron chi connectivity index (χ4n) is 3.81. The molecule has 136 valence electrons. The maximum Gasteiger partial charge on any atom is 0.407 e. The maximum absolute atomic E-state index is 11.7. The number of likely N-dealkylation sites (N-methyl/N-ethyl adjacent to an activating group) is 1. The normalized spacial score (nSPS) is 20.2. The molecule has 2 atom stereocenters. The third-order valence-corrected chi connectivity index (χ3v) is 5.24. The molecule has 2 aromatic rings. The number of benzene rings is 1. The van der Waals surface area contributed by atoms with Crippen LogP contribution in [0.15, 0.2) is 30.3 Å². The van der Waals surface area contributed by atoms with E-state index in [4.69, 9.17) is 0 Å². The second-order valence-electron chi connectivity index (χ2n) is 7.98. The molecule has 1 aromatic carbocycles. The Morgan fingerprint density at radius 1 is 1.38 bits per heavy atom. The summed E-state index contributed by atoms with van der Waals surface area (Å²) in [6.07, 6.45) is -0.150. The van der Waals surface area contributed by atoms with E-state index < -0.39 is 6.09 Å². The number of likely N-dealkylation sites (tertiary alicyclic amines) is 1. The highest BCUT2D eigenvalue weighted by atomic mass is 16.4. The molecule has 1 aliphatic rings. The smallest absolute Gasteiger partial charge is 0.407 e. The van der Waals surface area contributed by atoms with Crippen LogP contribution in [-0.2, 0) is 0 Å². The van der Waals surface area contributed by atoms with Crippen molar-refractivity contribution >= 4 is 22.7 Å². The van der Waals surface area contributed by atoms with E-state index in [1.54, 1.807) is 6.07 Å². The van der Waals surface area contributed by atoms with Gasteiger partial charge >= 0.3 is 6.09 Å². The number of anilines is 1. The highest BCUT2D eigenvalue weighted by Gasteiger charge is 2.43. The van der Waals surface area contributed by atoms with E-state index in [0.29, 0.717) is 12.2 Å². The number of nitriles is 1. The number of rotatable bonds is 2. The van der Waals surface area contributed by atoms with Crippen LogP contribution < -0.4 is 4.90 Å². The van der Waals surface area contributed by atoms with Crippen molar-refractivity contribution in [2.45, 2.75) is 39.3 Å². The summed E-state index contributed by atoms with van der Waals surface area (Å²) in [4.78, 5) is 19.8. The van der Waals surface area contributed by atoms with E-state index in [0.717, 1.165) is 23.0 Å². The van der Waals surface area contributed by atoms with Gasteiger partial charge in [-0.15, -0.1) is 0 Å². The van der Waals surface area contributed by atoms with Gasteiger partial charge in [0.25, 0.3) is 0 Å². The number of carboxylic acid groups (broad SMARTS) is 1. The lowest BCUT2D eigenvalue weighted by atomic mass is 9.84. The van der Waals surface area contributed by atoms with Crippen molar-refractivity contribution in [1.82, 2.24) is 9.88 Å². The molecule has 1 amide bonds. The lowest BCUT2D eigenvalue weighted by Crippen LogP contribution is -2.42. The molecule has 26 heavy (non-hydrogen) atoms. The van der Waals surface area contributed by atoms with Crippen LogP contribution in [0, 0.1) is 16.7 Å². The van der Waals surface area contributed by atoms with E-state index in [-0.39, 0.29) is 17.5 Å². The molecule has 0 saturated carbocycles. The molecule has 1 N–H and O–H groups in total. The largest absolute Gasteiger partial charge is 0.465 e. The summed E-state index contributed by atoms with van der Waals surface area (Å²) in [7, 11) is 1.94. The highest BCUT2D eigenvalue weighted by Crippen LogP contribution is 2.36. The van der Waals surface area contributed by atoms with Gasteiger partial charge < -0.3 is 14.9 Å². The number of pyridine rings is 1. The molecule has 6 heteroatoms. The third kappa shape index (κ3) is 3.17. The van der Waals surface area contributed by atoms with E-state index >= 15 is 0 Å². The zero-order valence-electron chi connectivity index (χ0n) is 15.6. The number of hydrogen-bond acceptors (Lipinski definition) is 4. The van der Waals surface area contributed by atoms with Crippen LogP contribution in [0.3, 0.4) is 0 Å². The first-order chi connectivity index (χ1) is 12.2. The zero-order valence-corrected chi connectivity index (χ0v) is 15.6. The topological polar surface area (TPSA) is 80.5 Å². The molecule has 3 rings (SSSR count). The highest BCUT2D eigenvalue weighted by molar-refractivity contribution is 5.93. The van der Waals surface area contributed by atoms with Crippen molar-refractivity contribution < 1.29 is 9.90 Å². The number of nitrogens with zero attached hydrogens (tertiary/aromatic N) is 4. The molecule has 6 nitrogen and oxygen atoms in total. The predicted molar refractivity (Wildman–Crippen MR) is 101 cm³/mol. The third-order valence-electron chi connectivity index (χ3n) is 5.24. The molecule has 0 aliphatic carbocycles. The number of hydrogen-bond donors (Lipinski definition) is 1. The molecule has 1 fully saturated rings. The Balaban J connectivity index is 2.00. The first-order valence-electron chi connectivity index (χ1n) is 8.74. The molecule has 2 heterocycles. The minimum Gasteiger partial charge on any atom is -0.465 e. The van der Waals surface area contributed by atoms with Gasteiger partial charge in [-0.1, -0.05) is 45.0 Å². The van der Waals surface area contributed by atoms with Crippen molar-refractivity contribution in [1.29, 1.82) is 5.26 Å². The van der Waals surface area contributed by atoms with Crippen molar-refractivity contribution in [2.75, 3.05) is 18.5 Å². The van der Waals surface area contributed by atoms with Crippen molar-refractivity contribution in [3.63, 3.8) is 0 Å². The van der Waals surface area contributed by atoms with Crippen molar-refractivity contribution in [2.24, 2.45) is 5.41 Å². The monoisotopic (exact) mass is 352 g/mol. The second-order valence-corrected chi connectivity index (χ2v) is 7.98. The van der Waals surface area contributed by atoms with Crippen LogP contribution in [0.25, 0.3) is 10.8 Å². The summed E-state index contributed by atoms with van der Waals surface area (Å²) in [6.45, 7) is 6.64. The maximum atomic E-state index is 11.7. The van der Waals surface area contributed by atoms with Crippen LogP contribution >= 0.6 is 0 Å². The molecule has 0 bridgehead atoms. The van der Waals surface area contributed by atoms with Crippen LogP contribution in [-0.4, -0.2) is 46.8 Å². The molecule has 1 saturated heterocycles. The van der Waals surface area contributed by atoms with Gasteiger partial charge in [0, 0.05) is 31.1 Å². The molecule has 1 aromatic heterocycles. The van der Waals surface area contributed by atoms with Gasteiger partial charge in [-0.05, 0) is 23.3 Å². The molecule has 0 spiro atoms. The fourth-order valence-corrected chi connectivity index (χ4v) is 3.81. The minimum absolute atomic E-state index is 0.0140. The standard InChI is InChI=1S/C20H24N4O2/c1-20(2,3)17-10-15(12-24(17)19(25)26)23(4)18-16-8-6-5-7-13(16)9-14(11-21)22-18/h5-9,15,17H,10,12H2,1-4H3,(H,25,26). The van der Waals surface area contributed by atoms with E-state index in [1.807, 2.05) is 36.2 Å². The number of carbonyl (C=O) groups is 1. The first kappa shape index (κ1) is 18.0. The van der Waals surface area contributed by atoms with Crippen LogP contribution in [0.4, 0.5) is 10.6 Å². The van der Waals surface area contributed by atoms with Gasteiger partial charge in [0.2, 0.25) is 0 Å². The lowest BCUT2D eigenvalue weighted by Gasteiger charge is -2.33. The summed E-state index contributed by atoms with van der Waals surface area (Å²) >= 11 is 0. The van der Waals surface area contributed by atoms with Gasteiger partial charge in [-0.3, -0.25) is 0 Å². The number of aromatic nitrogens is 1. The van der Waals surface area contributed by atoms with Gasteiger partial charge in [0.15, 0.2) is 0 Å². The quantitative estimate of drug-likeness (QED) is 0.891. The Kier molecular flexibility index (Phi) is 4.49. The van der Waals surface area contributed by atoms with Crippen LogP contribution in [0.1, 0.15) is 32.9 Å². The van der Waals surface area contributed by atoms with Crippen molar-refractivity contribution in [3.8, 4) is 6.07 Å². The summed E-state index contributed by atoms with van der Waals surface area (Å²) < 4.78 is 0. The Bertz CT molecular complexity index is 881. The van der Waals surface area contributed by atoms with Gasteiger partial charge in [-0.2, -0.15) is 5.26 Å². The molecular formula is C20H24N4O2. The summed E-state index contributed by atoms with van der Waals surface area (Å²) in [5, 5.41) is 20.9. The predicted octanol–water partition coefficient (Wildman–Crippen LogP) is 3.71. The summed E-state index contributed by atoms with van der Waals surface area (Å²) in [5.74, 6) is 0.726. The van der Waals surface area contributed by atoms with Gasteiger partial charge in [0.1, 0.15) is 17.6 Å². The fraction of sp³-hybridized carbons (Fsp3) is 0.450. The molecule has 1 aliphatic heterocycles. The van der Waals surface area contributed by atoms with E-state index in [1.165, 1.54) is 4.90 Å². The Morgan fingerprint density at radius 2 is 2.08 bits per heavy atom. The zero-order chi connectivity index (χ0) is 19.1. The van der Waals surface area contributed by atoms with Crippen LogP contribution in [0.5, 0.6) is 0 Å². The second kappa shape index (κ2) is 6.49. The Morgan fingerprint density at radius 3 is 2.65 bits per heavy atom. The van der Waals surface area contributed by atoms with Crippen LogP contribution in [0.2, 0.25) is 0 Å². The molecule has 2 unspecified atom stereocenters. The van der Waals surface area contributed by atoms with E-state index in [9.17, 15) is 15.2 Å². The number of amides is 1. The summed E-state index contributed by atoms with van der Waals surface area (Å²) in [5.41, 5.74) is 0.226. The van der Waals surface area contributed by atoms with E-state index in [2.05, 4.69) is 31.8 Å². The average Bonchev–Trinajstić information content (AvgIpc) is 3.06. The number of fused-ring (bicyclic) bond motifs is 1. The first-order valence-corrected chi connectivity index (χ1v) is 8.74. The average molecular weight is 352 g/mol. The SMILES string of the molecule is CN(c1nc(C#N)cc2ccccc12)C1CC(C(C)(C)C)N(C(=O)O)C1.